The van der Waals surface area contributed by atoms with Crippen molar-refractivity contribution in [3.63, 3.8) is 0 Å². The van der Waals surface area contributed by atoms with Gasteiger partial charge in [-0.15, -0.1) is 11.3 Å². The Morgan fingerprint density at radius 2 is 1.84 bits per heavy atom. The van der Waals surface area contributed by atoms with Gasteiger partial charge in [0.25, 0.3) is 0 Å². The van der Waals surface area contributed by atoms with E-state index in [1.54, 1.807) is 18.2 Å². The molecule has 2 heterocycles. The molecule has 2 N–H and O–H groups in total. The average Bonchev–Trinajstić information content (AvgIpc) is 3.20. The highest BCUT2D eigenvalue weighted by Crippen LogP contribution is 2.20. The summed E-state index contributed by atoms with van der Waals surface area (Å²) < 4.78 is 27.6. The zero-order valence-electron chi connectivity index (χ0n) is 17.2. The number of aromatic nitrogens is 1. The number of anilines is 1. The largest absolute Gasteiger partial charge is 0.302 e. The highest BCUT2D eigenvalue weighted by molar-refractivity contribution is 7.89. The number of fused-ring (bicyclic) bond motifs is 1. The number of rotatable bonds is 8. The molecule has 0 radical (unpaired) electrons. The Morgan fingerprint density at radius 1 is 1.06 bits per heavy atom. The third kappa shape index (κ3) is 5.88. The summed E-state index contributed by atoms with van der Waals surface area (Å²) in [5.41, 5.74) is 0.958. The molecule has 31 heavy (non-hydrogen) atoms. The lowest BCUT2D eigenvalue weighted by molar-refractivity contribution is -0.116. The van der Waals surface area contributed by atoms with Crippen molar-refractivity contribution in [2.75, 3.05) is 25.0 Å². The lowest BCUT2D eigenvalue weighted by Gasteiger charge is -2.25. The summed E-state index contributed by atoms with van der Waals surface area (Å²) in [6.07, 6.45) is 3.78. The highest BCUT2D eigenvalue weighted by Gasteiger charge is 2.16. The third-order valence-corrected chi connectivity index (χ3v) is 7.57. The van der Waals surface area contributed by atoms with E-state index in [2.05, 4.69) is 19.9 Å². The minimum Gasteiger partial charge on any atom is -0.302 e. The first kappa shape index (κ1) is 21.9. The number of piperidine rings is 1. The minimum absolute atomic E-state index is 0.0208. The first-order chi connectivity index (χ1) is 15.0. The summed E-state index contributed by atoms with van der Waals surface area (Å²) in [6, 6.07) is 12.6. The van der Waals surface area contributed by atoms with Crippen LogP contribution in [0.2, 0.25) is 0 Å². The predicted molar refractivity (Wildman–Crippen MR) is 124 cm³/mol. The normalized spacial score (nSPS) is 15.2. The van der Waals surface area contributed by atoms with Crippen LogP contribution in [-0.2, 0) is 21.4 Å². The molecular formula is C22H26N4O3S2. The fraction of sp³-hybridized carbons (Fsp3) is 0.364. The summed E-state index contributed by atoms with van der Waals surface area (Å²) in [7, 11) is -3.68. The Bertz CT molecular complexity index is 1150. The molecule has 1 aliphatic heterocycles. The lowest BCUT2D eigenvalue weighted by atomic mass is 10.1. The van der Waals surface area contributed by atoms with E-state index in [1.165, 1.54) is 30.6 Å². The van der Waals surface area contributed by atoms with Crippen LogP contribution in [-0.4, -0.2) is 43.8 Å². The number of carbonyl (C=O) groups excluding carboxylic acids is 1. The van der Waals surface area contributed by atoms with E-state index in [0.717, 1.165) is 36.1 Å². The van der Waals surface area contributed by atoms with Crippen molar-refractivity contribution >= 4 is 43.2 Å². The van der Waals surface area contributed by atoms with Crippen molar-refractivity contribution < 1.29 is 13.2 Å². The van der Waals surface area contributed by atoms with E-state index < -0.39 is 10.0 Å². The molecule has 9 heteroatoms. The van der Waals surface area contributed by atoms with Crippen LogP contribution in [0.1, 0.15) is 31.4 Å². The zero-order chi connectivity index (χ0) is 21.7. The molecule has 1 aromatic heterocycles. The van der Waals surface area contributed by atoms with E-state index in [9.17, 15) is 13.2 Å². The average molecular weight is 459 g/mol. The number of carbonyl (C=O) groups is 1. The van der Waals surface area contributed by atoms with Crippen LogP contribution >= 0.6 is 11.3 Å². The minimum atomic E-state index is -3.68. The Balaban J connectivity index is 1.26. The number of amides is 1. The van der Waals surface area contributed by atoms with E-state index in [-0.39, 0.29) is 23.8 Å². The molecule has 0 atom stereocenters. The summed E-state index contributed by atoms with van der Waals surface area (Å²) in [5.74, 6) is -0.264. The van der Waals surface area contributed by atoms with Crippen molar-refractivity contribution in [1.29, 1.82) is 0 Å². The van der Waals surface area contributed by atoms with Crippen LogP contribution in [0.3, 0.4) is 0 Å². The number of hydrogen-bond donors (Lipinski definition) is 2. The van der Waals surface area contributed by atoms with Crippen LogP contribution in [0, 0.1) is 0 Å². The van der Waals surface area contributed by atoms with Crippen LogP contribution in [0.15, 0.2) is 52.7 Å². The van der Waals surface area contributed by atoms with E-state index >= 15 is 0 Å². The molecule has 1 aliphatic rings. The van der Waals surface area contributed by atoms with E-state index in [4.69, 9.17) is 0 Å². The van der Waals surface area contributed by atoms with Gasteiger partial charge in [-0.25, -0.2) is 18.1 Å². The molecule has 1 saturated heterocycles. The van der Waals surface area contributed by atoms with Gasteiger partial charge < -0.3 is 5.32 Å². The van der Waals surface area contributed by atoms with Crippen molar-refractivity contribution in [3.05, 3.63) is 53.5 Å². The van der Waals surface area contributed by atoms with Crippen LogP contribution in [0.25, 0.3) is 10.8 Å². The molecular weight excluding hydrogens is 432 g/mol. The van der Waals surface area contributed by atoms with E-state index in [0.29, 0.717) is 5.13 Å². The fourth-order valence-electron chi connectivity index (χ4n) is 3.68. The van der Waals surface area contributed by atoms with Gasteiger partial charge in [-0.05, 0) is 48.8 Å². The third-order valence-electron chi connectivity index (χ3n) is 5.31. The Morgan fingerprint density at radius 3 is 2.65 bits per heavy atom. The second-order valence-electron chi connectivity index (χ2n) is 7.69. The first-order valence-electron chi connectivity index (χ1n) is 10.4. The maximum absolute atomic E-state index is 12.6. The molecule has 0 bridgehead atoms. The second-order valence-corrected chi connectivity index (χ2v) is 10.3. The quantitative estimate of drug-likeness (QED) is 0.538. The Kier molecular flexibility index (Phi) is 6.96. The van der Waals surface area contributed by atoms with Gasteiger partial charge in [0.15, 0.2) is 5.13 Å². The van der Waals surface area contributed by atoms with Gasteiger partial charge in [0.1, 0.15) is 0 Å². The van der Waals surface area contributed by atoms with Crippen molar-refractivity contribution in [3.8, 4) is 0 Å². The lowest BCUT2D eigenvalue weighted by Crippen LogP contribution is -2.29. The second kappa shape index (κ2) is 9.86. The Hall–Kier alpha value is -2.33. The number of likely N-dealkylation sites (tertiary alicyclic amines) is 1. The van der Waals surface area contributed by atoms with E-state index in [1.807, 2.05) is 29.6 Å². The molecule has 7 nitrogen and oxygen atoms in total. The molecule has 0 saturated carbocycles. The molecule has 1 fully saturated rings. The molecule has 0 unspecified atom stereocenters. The van der Waals surface area contributed by atoms with Crippen LogP contribution in [0.4, 0.5) is 5.13 Å². The van der Waals surface area contributed by atoms with Crippen LogP contribution in [0.5, 0.6) is 0 Å². The summed E-state index contributed by atoms with van der Waals surface area (Å²) in [4.78, 5) is 19.3. The van der Waals surface area contributed by atoms with Crippen molar-refractivity contribution in [2.45, 2.75) is 37.1 Å². The molecule has 0 aliphatic carbocycles. The fourth-order valence-corrected chi connectivity index (χ4v) is 5.47. The standard InChI is InChI=1S/C22H26N4O3S2/c27-21(25-22-24-19(16-30-22)15-26-12-4-1-5-13-26)10-11-23-31(28,29)20-9-8-17-6-2-3-7-18(17)14-20/h2-3,6-9,14,16,23H,1,4-5,10-13,15H2,(H,24,25,27). The SMILES string of the molecule is O=C(CCNS(=O)(=O)c1ccc2ccccc2c1)Nc1nc(CN2CCCCC2)cs1. The molecule has 0 spiro atoms. The van der Waals surface area contributed by atoms with Gasteiger partial charge >= 0.3 is 0 Å². The number of hydrogen-bond acceptors (Lipinski definition) is 6. The number of benzene rings is 2. The van der Waals surface area contributed by atoms with Gasteiger partial charge in [0.2, 0.25) is 15.9 Å². The van der Waals surface area contributed by atoms with Crippen molar-refractivity contribution in [1.82, 2.24) is 14.6 Å². The molecule has 3 aromatic rings. The monoisotopic (exact) mass is 458 g/mol. The topological polar surface area (TPSA) is 91.4 Å². The summed E-state index contributed by atoms with van der Waals surface area (Å²) >= 11 is 1.40. The van der Waals surface area contributed by atoms with Gasteiger partial charge in [-0.3, -0.25) is 9.69 Å². The number of sulfonamides is 1. The maximum Gasteiger partial charge on any atom is 0.240 e. The predicted octanol–water partition coefficient (Wildman–Crippen LogP) is 3.59. The number of thiazole rings is 1. The molecule has 2 aromatic carbocycles. The van der Waals surface area contributed by atoms with Crippen molar-refractivity contribution in [2.24, 2.45) is 0 Å². The van der Waals surface area contributed by atoms with Gasteiger partial charge in [-0.1, -0.05) is 36.8 Å². The molecule has 1 amide bonds. The van der Waals surface area contributed by atoms with Gasteiger partial charge in [-0.2, -0.15) is 0 Å². The highest BCUT2D eigenvalue weighted by atomic mass is 32.2. The maximum atomic E-state index is 12.6. The summed E-state index contributed by atoms with van der Waals surface area (Å²) in [5, 5.41) is 7.11. The van der Waals surface area contributed by atoms with Crippen LogP contribution < -0.4 is 10.0 Å². The zero-order valence-corrected chi connectivity index (χ0v) is 18.8. The Labute approximate surface area is 186 Å². The number of nitrogens with zero attached hydrogens (tertiary/aromatic N) is 2. The van der Waals surface area contributed by atoms with Gasteiger partial charge in [0.05, 0.1) is 10.6 Å². The smallest absolute Gasteiger partial charge is 0.240 e. The van der Waals surface area contributed by atoms with Gasteiger partial charge in [0, 0.05) is 24.9 Å². The summed E-state index contributed by atoms with van der Waals surface area (Å²) in [6.45, 7) is 3.01. The molecule has 4 rings (SSSR count). The molecule has 164 valence electrons. The first-order valence-corrected chi connectivity index (χ1v) is 12.8. The number of nitrogens with one attached hydrogen (secondary N) is 2.